The first-order valence-corrected chi connectivity index (χ1v) is 10.6. The molecule has 0 spiro atoms. The molecule has 0 aliphatic carbocycles. The number of aromatic nitrogens is 1. The van der Waals surface area contributed by atoms with Crippen molar-refractivity contribution in [1.82, 2.24) is 9.47 Å². The summed E-state index contributed by atoms with van der Waals surface area (Å²) < 4.78 is 7.18. The Morgan fingerprint density at radius 3 is 2.70 bits per heavy atom. The first-order valence-electron chi connectivity index (χ1n) is 9.35. The van der Waals surface area contributed by atoms with Crippen molar-refractivity contribution >= 4 is 40.5 Å². The number of ether oxygens (including phenoxy) is 1. The largest absolute Gasteiger partial charge is 0.466 e. The molecule has 3 heterocycles. The number of thioether (sulfide) groups is 1. The maximum Gasteiger partial charge on any atom is 0.305 e. The summed E-state index contributed by atoms with van der Waals surface area (Å²) in [6.45, 7) is 7.51. The molecule has 27 heavy (non-hydrogen) atoms. The van der Waals surface area contributed by atoms with Crippen LogP contribution in [0.3, 0.4) is 0 Å². The van der Waals surface area contributed by atoms with Crippen LogP contribution in [-0.4, -0.2) is 51.8 Å². The van der Waals surface area contributed by atoms with Gasteiger partial charge >= 0.3 is 5.97 Å². The van der Waals surface area contributed by atoms with Gasteiger partial charge in [-0.25, -0.2) is 4.99 Å². The highest BCUT2D eigenvalue weighted by molar-refractivity contribution is 8.13. The molecule has 7 nitrogen and oxygen atoms in total. The van der Waals surface area contributed by atoms with Gasteiger partial charge in [0, 0.05) is 18.7 Å². The Hall–Kier alpha value is -2.09. The predicted octanol–water partition coefficient (Wildman–Crippen LogP) is 3.18. The molecule has 0 saturated carbocycles. The predicted molar refractivity (Wildman–Crippen MR) is 108 cm³/mol. The average molecular weight is 391 g/mol. The topological polar surface area (TPSA) is 76.3 Å². The standard InChI is InChI=1S/C19H26N4O3S/c1-5-26-15(25)9-7-6-8-10-22-13(3)12(2)16-17-20-14(24)11-23(17)19(27-4)21-18(16)22/h5-11H2,1-4H3. The Morgan fingerprint density at radius 1 is 1.22 bits per heavy atom. The number of hydrogen-bond donors (Lipinski definition) is 0. The molecular weight excluding hydrogens is 364 g/mol. The molecule has 3 rings (SSSR count). The van der Waals surface area contributed by atoms with E-state index in [-0.39, 0.29) is 18.4 Å². The van der Waals surface area contributed by atoms with Crippen molar-refractivity contribution in [2.45, 2.75) is 53.0 Å². The zero-order valence-corrected chi connectivity index (χ0v) is 17.2. The summed E-state index contributed by atoms with van der Waals surface area (Å²) in [6, 6.07) is 0. The zero-order chi connectivity index (χ0) is 19.6. The average Bonchev–Trinajstić information content (AvgIpc) is 3.13. The van der Waals surface area contributed by atoms with Crippen molar-refractivity contribution < 1.29 is 14.3 Å². The fraction of sp³-hybridized carbons (Fsp3) is 0.579. The van der Waals surface area contributed by atoms with Crippen molar-refractivity contribution in [2.75, 3.05) is 19.4 Å². The number of hydrogen-bond acceptors (Lipinski definition) is 6. The van der Waals surface area contributed by atoms with E-state index in [4.69, 9.17) is 9.73 Å². The van der Waals surface area contributed by atoms with Crippen molar-refractivity contribution in [3.05, 3.63) is 16.8 Å². The van der Waals surface area contributed by atoms with E-state index in [1.807, 2.05) is 18.1 Å². The lowest BCUT2D eigenvalue weighted by Gasteiger charge is -2.25. The maximum absolute atomic E-state index is 11.9. The number of amides is 1. The van der Waals surface area contributed by atoms with Crippen LogP contribution >= 0.6 is 11.8 Å². The number of unbranched alkanes of at least 4 members (excludes halogenated alkanes) is 2. The minimum absolute atomic E-state index is 0.122. The first-order chi connectivity index (χ1) is 13.0. The van der Waals surface area contributed by atoms with Gasteiger partial charge in [-0.05, 0) is 45.4 Å². The van der Waals surface area contributed by atoms with E-state index in [9.17, 15) is 9.59 Å². The van der Waals surface area contributed by atoms with Gasteiger partial charge in [-0.3, -0.25) is 14.5 Å². The van der Waals surface area contributed by atoms with Crippen LogP contribution in [0, 0.1) is 13.8 Å². The highest BCUT2D eigenvalue weighted by atomic mass is 32.2. The molecule has 0 atom stereocenters. The third kappa shape index (κ3) is 3.81. The molecule has 0 saturated heterocycles. The van der Waals surface area contributed by atoms with E-state index in [1.54, 1.807) is 0 Å². The Balaban J connectivity index is 1.76. The molecule has 0 unspecified atom stereocenters. The number of fused-ring (bicyclic) bond motifs is 3. The second-order valence-corrected chi connectivity index (χ2v) is 7.46. The molecule has 146 valence electrons. The summed E-state index contributed by atoms with van der Waals surface area (Å²) in [7, 11) is 0. The Kier molecular flexibility index (Phi) is 6.04. The smallest absolute Gasteiger partial charge is 0.305 e. The van der Waals surface area contributed by atoms with Gasteiger partial charge < -0.3 is 9.30 Å². The molecule has 2 aliphatic rings. The summed E-state index contributed by atoms with van der Waals surface area (Å²) in [4.78, 5) is 34.3. The molecule has 2 aliphatic heterocycles. The lowest BCUT2D eigenvalue weighted by molar-refractivity contribution is -0.143. The van der Waals surface area contributed by atoms with Crippen molar-refractivity contribution in [2.24, 2.45) is 9.98 Å². The third-order valence-corrected chi connectivity index (χ3v) is 5.66. The summed E-state index contributed by atoms with van der Waals surface area (Å²) in [6.07, 6.45) is 5.18. The van der Waals surface area contributed by atoms with Crippen LogP contribution < -0.4 is 0 Å². The lowest BCUT2D eigenvalue weighted by atomic mass is 10.1. The van der Waals surface area contributed by atoms with Crippen LogP contribution in [0.25, 0.3) is 0 Å². The molecule has 1 aromatic heterocycles. The van der Waals surface area contributed by atoms with Crippen molar-refractivity contribution in [3.8, 4) is 0 Å². The van der Waals surface area contributed by atoms with E-state index in [2.05, 4.69) is 23.4 Å². The fourth-order valence-electron chi connectivity index (χ4n) is 3.53. The van der Waals surface area contributed by atoms with Gasteiger partial charge in [0.05, 0.1) is 12.2 Å². The van der Waals surface area contributed by atoms with Crippen molar-refractivity contribution in [3.63, 3.8) is 0 Å². The lowest BCUT2D eigenvalue weighted by Crippen LogP contribution is -2.36. The van der Waals surface area contributed by atoms with Gasteiger partial charge in [-0.1, -0.05) is 18.2 Å². The van der Waals surface area contributed by atoms with Gasteiger partial charge in [0.2, 0.25) is 0 Å². The third-order valence-electron chi connectivity index (χ3n) is 4.99. The van der Waals surface area contributed by atoms with Gasteiger partial charge in [-0.2, -0.15) is 4.99 Å². The minimum Gasteiger partial charge on any atom is -0.466 e. The SMILES string of the molecule is CCOC(=O)CCCCCn1c(C)c(C)c2c1N=C(SC)N1CC(=O)N=C21. The Labute approximate surface area is 163 Å². The highest BCUT2D eigenvalue weighted by Crippen LogP contribution is 2.37. The van der Waals surface area contributed by atoms with Crippen LogP contribution in [0.1, 0.15) is 49.4 Å². The molecule has 1 aromatic rings. The Morgan fingerprint density at radius 2 is 2.00 bits per heavy atom. The molecule has 1 amide bonds. The van der Waals surface area contributed by atoms with E-state index in [0.29, 0.717) is 13.0 Å². The van der Waals surface area contributed by atoms with E-state index in [1.165, 1.54) is 11.8 Å². The van der Waals surface area contributed by atoms with E-state index in [0.717, 1.165) is 59.4 Å². The number of amidine groups is 2. The summed E-state index contributed by atoms with van der Waals surface area (Å²) in [5.74, 6) is 1.38. The monoisotopic (exact) mass is 390 g/mol. The Bertz CT molecular complexity index is 825. The van der Waals surface area contributed by atoms with Crippen LogP contribution in [0.5, 0.6) is 0 Å². The molecule has 0 radical (unpaired) electrons. The molecule has 0 aromatic carbocycles. The quantitative estimate of drug-likeness (QED) is 0.528. The normalized spacial score (nSPS) is 15.4. The van der Waals surface area contributed by atoms with Crippen LogP contribution in [0.2, 0.25) is 0 Å². The molecule has 8 heteroatoms. The highest BCUT2D eigenvalue weighted by Gasteiger charge is 2.36. The molecule has 0 bridgehead atoms. The number of rotatable bonds is 7. The number of nitrogens with zero attached hydrogens (tertiary/aromatic N) is 4. The summed E-state index contributed by atoms with van der Waals surface area (Å²) in [5.41, 5.74) is 3.25. The van der Waals surface area contributed by atoms with E-state index < -0.39 is 0 Å². The van der Waals surface area contributed by atoms with Crippen molar-refractivity contribution in [1.29, 1.82) is 0 Å². The van der Waals surface area contributed by atoms with Gasteiger partial charge in [0.25, 0.3) is 5.91 Å². The summed E-state index contributed by atoms with van der Waals surface area (Å²) in [5, 5.41) is 0.813. The second-order valence-electron chi connectivity index (χ2n) is 6.69. The minimum atomic E-state index is -0.124. The number of carbonyl (C=O) groups is 2. The van der Waals surface area contributed by atoms with E-state index >= 15 is 0 Å². The number of esters is 1. The van der Waals surface area contributed by atoms with Crippen LogP contribution in [0.4, 0.5) is 5.82 Å². The summed E-state index contributed by atoms with van der Waals surface area (Å²) >= 11 is 1.53. The van der Waals surface area contributed by atoms with Crippen LogP contribution in [-0.2, 0) is 20.9 Å². The number of aliphatic imine (C=N–C) groups is 2. The number of carbonyl (C=O) groups excluding carboxylic acids is 2. The van der Waals surface area contributed by atoms with Crippen LogP contribution in [0.15, 0.2) is 9.98 Å². The molecule has 0 N–H and O–H groups in total. The maximum atomic E-state index is 11.9. The van der Waals surface area contributed by atoms with Gasteiger partial charge in [0.15, 0.2) is 5.17 Å². The molecular formula is C19H26N4O3S. The zero-order valence-electron chi connectivity index (χ0n) is 16.4. The van der Waals surface area contributed by atoms with Gasteiger partial charge in [0.1, 0.15) is 18.2 Å². The first kappa shape index (κ1) is 19.7. The second kappa shape index (κ2) is 8.29. The fourth-order valence-corrected chi connectivity index (χ4v) is 4.08. The molecule has 0 fully saturated rings. The van der Waals surface area contributed by atoms with Gasteiger partial charge in [-0.15, -0.1) is 0 Å².